The molecule has 7 nitrogen and oxygen atoms in total. The van der Waals surface area contributed by atoms with Crippen LogP contribution in [0, 0.1) is 10.1 Å². The first-order valence-corrected chi connectivity index (χ1v) is 7.34. The van der Waals surface area contributed by atoms with E-state index in [0.717, 1.165) is 12.0 Å². The highest BCUT2D eigenvalue weighted by Crippen LogP contribution is 2.12. The van der Waals surface area contributed by atoms with Crippen LogP contribution in [-0.4, -0.2) is 37.2 Å². The third-order valence-corrected chi connectivity index (χ3v) is 3.16. The smallest absolute Gasteiger partial charge is 0.269 e. The third-order valence-electron chi connectivity index (χ3n) is 3.16. The molecule has 1 aromatic carbocycles. The molecule has 0 aromatic heterocycles. The van der Waals surface area contributed by atoms with Crippen LogP contribution in [-0.2, 0) is 11.3 Å². The van der Waals surface area contributed by atoms with Gasteiger partial charge in [-0.05, 0) is 18.9 Å². The van der Waals surface area contributed by atoms with Gasteiger partial charge < -0.3 is 15.4 Å². The average Bonchev–Trinajstić information content (AvgIpc) is 2.52. The Morgan fingerprint density at radius 1 is 1.39 bits per heavy atom. The minimum atomic E-state index is -0.407. The maximum atomic E-state index is 10.6. The minimum Gasteiger partial charge on any atom is -0.383 e. The number of halogens is 1. The van der Waals surface area contributed by atoms with Crippen LogP contribution in [0.3, 0.4) is 0 Å². The van der Waals surface area contributed by atoms with E-state index in [1.165, 1.54) is 12.1 Å². The van der Waals surface area contributed by atoms with E-state index in [4.69, 9.17) is 4.74 Å². The van der Waals surface area contributed by atoms with Crippen LogP contribution in [0.25, 0.3) is 0 Å². The second-order valence-electron chi connectivity index (χ2n) is 4.96. The molecule has 8 heteroatoms. The number of guanidine groups is 1. The average molecular weight is 436 g/mol. The van der Waals surface area contributed by atoms with Crippen molar-refractivity contribution < 1.29 is 9.66 Å². The quantitative estimate of drug-likeness (QED) is 0.163. The maximum absolute atomic E-state index is 10.6. The Labute approximate surface area is 154 Å². The van der Waals surface area contributed by atoms with Gasteiger partial charge in [0, 0.05) is 31.8 Å². The summed E-state index contributed by atoms with van der Waals surface area (Å²) in [6.07, 6.45) is 0.989. The normalized spacial score (nSPS) is 12.2. The number of nitro groups is 1. The van der Waals surface area contributed by atoms with Crippen molar-refractivity contribution in [2.24, 2.45) is 4.99 Å². The molecule has 0 spiro atoms. The zero-order valence-electron chi connectivity index (χ0n) is 13.7. The number of nitrogens with zero attached hydrogens (tertiary/aromatic N) is 2. The van der Waals surface area contributed by atoms with Gasteiger partial charge in [0.25, 0.3) is 5.69 Å². The molecule has 1 rings (SSSR count). The minimum absolute atomic E-state index is 0. The summed E-state index contributed by atoms with van der Waals surface area (Å²) in [7, 11) is 1.65. The van der Waals surface area contributed by atoms with E-state index >= 15 is 0 Å². The Kier molecular flexibility index (Phi) is 11.3. The number of methoxy groups -OCH3 is 1. The van der Waals surface area contributed by atoms with E-state index in [-0.39, 0.29) is 29.7 Å². The summed E-state index contributed by atoms with van der Waals surface area (Å²) in [5, 5.41) is 17.1. The summed E-state index contributed by atoms with van der Waals surface area (Å²) in [6, 6.07) is 6.73. The van der Waals surface area contributed by atoms with Crippen LogP contribution < -0.4 is 10.6 Å². The van der Waals surface area contributed by atoms with Crippen molar-refractivity contribution in [2.45, 2.75) is 32.9 Å². The van der Waals surface area contributed by atoms with Gasteiger partial charge in [0.1, 0.15) is 0 Å². The monoisotopic (exact) mass is 436 g/mol. The lowest BCUT2D eigenvalue weighted by Crippen LogP contribution is -2.43. The molecule has 0 saturated heterocycles. The van der Waals surface area contributed by atoms with Gasteiger partial charge in [-0.15, -0.1) is 24.0 Å². The summed E-state index contributed by atoms with van der Waals surface area (Å²) >= 11 is 0. The molecule has 0 saturated carbocycles. The number of ether oxygens (including phenoxy) is 1. The predicted octanol–water partition coefficient (Wildman–Crippen LogP) is 2.69. The highest BCUT2D eigenvalue weighted by molar-refractivity contribution is 14.0. The van der Waals surface area contributed by atoms with Crippen molar-refractivity contribution in [3.05, 3.63) is 39.9 Å². The SMILES string of the molecule is CCC(C)NC(=NCc1ccc([N+](=O)[O-])cc1)NCCOC.I. The van der Waals surface area contributed by atoms with Crippen molar-refractivity contribution in [3.8, 4) is 0 Å². The number of hydrogen-bond donors (Lipinski definition) is 2. The largest absolute Gasteiger partial charge is 0.383 e. The van der Waals surface area contributed by atoms with Crippen LogP contribution in [0.15, 0.2) is 29.3 Å². The predicted molar refractivity (Wildman–Crippen MR) is 102 cm³/mol. The van der Waals surface area contributed by atoms with Crippen molar-refractivity contribution in [1.82, 2.24) is 10.6 Å². The molecule has 1 atom stereocenters. The number of rotatable bonds is 8. The van der Waals surface area contributed by atoms with E-state index in [0.29, 0.717) is 31.7 Å². The molecule has 0 aliphatic carbocycles. The zero-order chi connectivity index (χ0) is 16.4. The number of benzene rings is 1. The fraction of sp³-hybridized carbons (Fsp3) is 0.533. The fourth-order valence-electron chi connectivity index (χ4n) is 1.65. The molecule has 130 valence electrons. The number of aliphatic imine (C=N–C) groups is 1. The van der Waals surface area contributed by atoms with Crippen LogP contribution in [0.2, 0.25) is 0 Å². The second kappa shape index (κ2) is 12.1. The lowest BCUT2D eigenvalue weighted by atomic mass is 10.2. The van der Waals surface area contributed by atoms with Gasteiger partial charge in [-0.25, -0.2) is 4.99 Å². The Bertz CT molecular complexity index is 494. The third kappa shape index (κ3) is 8.70. The van der Waals surface area contributed by atoms with E-state index < -0.39 is 4.92 Å². The molecule has 0 radical (unpaired) electrons. The Morgan fingerprint density at radius 2 is 2.04 bits per heavy atom. The van der Waals surface area contributed by atoms with E-state index in [2.05, 4.69) is 29.5 Å². The second-order valence-corrected chi connectivity index (χ2v) is 4.96. The number of non-ortho nitro benzene ring substituents is 1. The van der Waals surface area contributed by atoms with Crippen molar-refractivity contribution in [3.63, 3.8) is 0 Å². The number of nitro benzene ring substituents is 1. The van der Waals surface area contributed by atoms with Crippen molar-refractivity contribution in [2.75, 3.05) is 20.3 Å². The number of hydrogen-bond acceptors (Lipinski definition) is 4. The van der Waals surface area contributed by atoms with E-state index in [1.54, 1.807) is 19.2 Å². The topological polar surface area (TPSA) is 88.8 Å². The highest BCUT2D eigenvalue weighted by atomic mass is 127. The molecular weight excluding hydrogens is 411 g/mol. The number of nitrogens with one attached hydrogen (secondary N) is 2. The molecule has 1 aromatic rings. The zero-order valence-corrected chi connectivity index (χ0v) is 16.1. The summed E-state index contributed by atoms with van der Waals surface area (Å²) in [5.41, 5.74) is 1.01. The van der Waals surface area contributed by atoms with Gasteiger partial charge in [0.05, 0.1) is 18.1 Å². The van der Waals surface area contributed by atoms with Gasteiger partial charge in [-0.2, -0.15) is 0 Å². The van der Waals surface area contributed by atoms with Crippen LogP contribution in [0.1, 0.15) is 25.8 Å². The van der Waals surface area contributed by atoms with Crippen molar-refractivity contribution in [1.29, 1.82) is 0 Å². The lowest BCUT2D eigenvalue weighted by Gasteiger charge is -2.16. The van der Waals surface area contributed by atoms with Gasteiger partial charge >= 0.3 is 0 Å². The molecule has 0 amide bonds. The highest BCUT2D eigenvalue weighted by Gasteiger charge is 2.05. The molecule has 0 bridgehead atoms. The molecule has 1 unspecified atom stereocenters. The van der Waals surface area contributed by atoms with Gasteiger partial charge in [-0.1, -0.05) is 19.1 Å². The summed E-state index contributed by atoms with van der Waals surface area (Å²) in [4.78, 5) is 14.7. The molecule has 2 N–H and O–H groups in total. The summed E-state index contributed by atoms with van der Waals surface area (Å²) < 4.78 is 5.01. The molecule has 0 fully saturated rings. The first-order valence-electron chi connectivity index (χ1n) is 7.34. The lowest BCUT2D eigenvalue weighted by molar-refractivity contribution is -0.384. The molecule has 23 heavy (non-hydrogen) atoms. The Morgan fingerprint density at radius 3 is 2.57 bits per heavy atom. The van der Waals surface area contributed by atoms with Crippen LogP contribution in [0.4, 0.5) is 5.69 Å². The molecular formula is C15H25IN4O3. The standard InChI is InChI=1S/C15H24N4O3.HI/c1-4-12(2)18-15(16-9-10-22-3)17-11-13-5-7-14(8-6-13)19(20)21;/h5-8,12H,4,9-11H2,1-3H3,(H2,16,17,18);1H. The Hall–Kier alpha value is -1.42. The van der Waals surface area contributed by atoms with Gasteiger partial charge in [-0.3, -0.25) is 10.1 Å². The van der Waals surface area contributed by atoms with Gasteiger partial charge in [0.15, 0.2) is 5.96 Å². The van der Waals surface area contributed by atoms with Crippen LogP contribution >= 0.6 is 24.0 Å². The van der Waals surface area contributed by atoms with E-state index in [9.17, 15) is 10.1 Å². The van der Waals surface area contributed by atoms with Gasteiger partial charge in [0.2, 0.25) is 0 Å². The summed E-state index contributed by atoms with van der Waals surface area (Å²) in [5.74, 6) is 0.713. The Balaban J connectivity index is 0.00000484. The first kappa shape index (κ1) is 21.6. The van der Waals surface area contributed by atoms with Crippen molar-refractivity contribution >= 4 is 35.6 Å². The molecule has 0 aliphatic heterocycles. The van der Waals surface area contributed by atoms with E-state index in [1.807, 2.05) is 0 Å². The van der Waals surface area contributed by atoms with Crippen LogP contribution in [0.5, 0.6) is 0 Å². The summed E-state index contributed by atoms with van der Waals surface area (Å²) in [6.45, 7) is 5.90. The first-order chi connectivity index (χ1) is 10.6. The molecule has 0 aliphatic rings. The maximum Gasteiger partial charge on any atom is 0.269 e. The molecule has 0 heterocycles. The fourth-order valence-corrected chi connectivity index (χ4v) is 1.65.